The summed E-state index contributed by atoms with van der Waals surface area (Å²) < 4.78 is 25.0. The summed E-state index contributed by atoms with van der Waals surface area (Å²) in [6.07, 6.45) is 3.10. The van der Waals surface area contributed by atoms with Crippen LogP contribution in [-0.4, -0.2) is 29.3 Å². The highest BCUT2D eigenvalue weighted by Crippen LogP contribution is 2.43. The third-order valence-corrected chi connectivity index (χ3v) is 4.43. The lowest BCUT2D eigenvalue weighted by atomic mass is 10.1. The van der Waals surface area contributed by atoms with E-state index in [0.717, 1.165) is 30.4 Å². The molecular formula is C12H13N5O2S. The minimum absolute atomic E-state index is 0.0212. The molecule has 1 aliphatic carbocycles. The molecule has 2 N–H and O–H groups in total. The van der Waals surface area contributed by atoms with Crippen LogP contribution in [-0.2, 0) is 9.84 Å². The fourth-order valence-electron chi connectivity index (χ4n) is 2.39. The Labute approximate surface area is 115 Å². The summed E-state index contributed by atoms with van der Waals surface area (Å²) in [5.41, 5.74) is 7.92. The first kappa shape index (κ1) is 12.9. The zero-order valence-electron chi connectivity index (χ0n) is 11.1. The summed E-state index contributed by atoms with van der Waals surface area (Å²) >= 11 is 0. The Bertz CT molecular complexity index is 872. The highest BCUT2D eigenvalue weighted by atomic mass is 32.2. The standard InChI is InChI=1S/C12H13N5O2S/c1-6-9(7-3-4-7)11-15-12(20(2,18)19)8(5-13)10(14)17(11)16-6/h7H,3-4,14H2,1-2H3. The van der Waals surface area contributed by atoms with E-state index in [1.807, 2.05) is 13.0 Å². The number of hydrogen-bond acceptors (Lipinski definition) is 6. The van der Waals surface area contributed by atoms with Crippen LogP contribution in [0.25, 0.3) is 5.65 Å². The molecule has 0 unspecified atom stereocenters. The van der Waals surface area contributed by atoms with Crippen molar-refractivity contribution < 1.29 is 8.42 Å². The molecule has 0 atom stereocenters. The molecule has 20 heavy (non-hydrogen) atoms. The van der Waals surface area contributed by atoms with Crippen molar-refractivity contribution in [2.45, 2.75) is 30.7 Å². The van der Waals surface area contributed by atoms with Crippen LogP contribution in [0.5, 0.6) is 0 Å². The maximum atomic E-state index is 11.8. The van der Waals surface area contributed by atoms with Crippen LogP contribution < -0.4 is 5.73 Å². The summed E-state index contributed by atoms with van der Waals surface area (Å²) in [6, 6.07) is 1.81. The quantitative estimate of drug-likeness (QED) is 0.817. The van der Waals surface area contributed by atoms with Gasteiger partial charge in [-0.05, 0) is 25.7 Å². The van der Waals surface area contributed by atoms with Gasteiger partial charge in [-0.15, -0.1) is 0 Å². The molecule has 0 bridgehead atoms. The summed E-state index contributed by atoms with van der Waals surface area (Å²) in [5, 5.41) is 13.2. The number of aromatic nitrogens is 3. The van der Waals surface area contributed by atoms with E-state index in [1.165, 1.54) is 4.52 Å². The summed E-state index contributed by atoms with van der Waals surface area (Å²) in [6.45, 7) is 1.84. The average molecular weight is 291 g/mol. The third-order valence-electron chi connectivity index (χ3n) is 3.44. The first-order chi connectivity index (χ1) is 9.34. The Balaban J connectivity index is 2.47. The van der Waals surface area contributed by atoms with Crippen molar-refractivity contribution in [2.75, 3.05) is 12.0 Å². The normalized spacial score (nSPS) is 15.4. The number of nitrogens with two attached hydrogens (primary N) is 1. The van der Waals surface area contributed by atoms with Gasteiger partial charge in [0.2, 0.25) is 0 Å². The Hall–Kier alpha value is -2.14. The van der Waals surface area contributed by atoms with Crippen LogP contribution in [0.2, 0.25) is 0 Å². The largest absolute Gasteiger partial charge is 0.382 e. The van der Waals surface area contributed by atoms with Crippen molar-refractivity contribution in [3.63, 3.8) is 0 Å². The molecule has 0 aromatic carbocycles. The second kappa shape index (κ2) is 3.93. The number of nitrogen functional groups attached to an aromatic ring is 1. The van der Waals surface area contributed by atoms with E-state index in [-0.39, 0.29) is 16.4 Å². The van der Waals surface area contributed by atoms with Crippen LogP contribution in [0.15, 0.2) is 5.03 Å². The van der Waals surface area contributed by atoms with E-state index in [0.29, 0.717) is 11.6 Å². The fourth-order valence-corrected chi connectivity index (χ4v) is 3.17. The van der Waals surface area contributed by atoms with Gasteiger partial charge < -0.3 is 5.73 Å². The van der Waals surface area contributed by atoms with Crippen LogP contribution in [0.3, 0.4) is 0 Å². The lowest BCUT2D eigenvalue weighted by Gasteiger charge is -2.06. The van der Waals surface area contributed by atoms with Gasteiger partial charge in [-0.1, -0.05) is 0 Å². The monoisotopic (exact) mass is 291 g/mol. The predicted octanol–water partition coefficient (Wildman–Crippen LogP) is 0.772. The van der Waals surface area contributed by atoms with Crippen LogP contribution in [0.1, 0.15) is 35.6 Å². The minimum atomic E-state index is -3.63. The van der Waals surface area contributed by atoms with E-state index in [9.17, 15) is 8.42 Å². The predicted molar refractivity (Wildman–Crippen MR) is 71.9 cm³/mol. The minimum Gasteiger partial charge on any atom is -0.382 e. The molecule has 104 valence electrons. The highest BCUT2D eigenvalue weighted by Gasteiger charge is 2.32. The van der Waals surface area contributed by atoms with Crippen LogP contribution >= 0.6 is 0 Å². The van der Waals surface area contributed by atoms with Gasteiger partial charge in [0.15, 0.2) is 20.5 Å². The zero-order valence-corrected chi connectivity index (χ0v) is 11.9. The maximum absolute atomic E-state index is 11.8. The van der Waals surface area contributed by atoms with E-state index in [2.05, 4.69) is 10.1 Å². The first-order valence-corrected chi connectivity index (χ1v) is 8.02. The second-order valence-electron chi connectivity index (χ2n) is 5.07. The second-order valence-corrected chi connectivity index (χ2v) is 7.00. The van der Waals surface area contributed by atoms with Crippen LogP contribution in [0.4, 0.5) is 5.82 Å². The Kier molecular flexibility index (Phi) is 2.53. The number of anilines is 1. The molecule has 2 heterocycles. The summed E-state index contributed by atoms with van der Waals surface area (Å²) in [7, 11) is -3.63. The van der Waals surface area contributed by atoms with Crippen molar-refractivity contribution >= 4 is 21.3 Å². The van der Waals surface area contributed by atoms with E-state index in [4.69, 9.17) is 11.0 Å². The number of aryl methyl sites for hydroxylation is 1. The SMILES string of the molecule is Cc1nn2c(N)c(C#N)c(S(C)(=O)=O)nc2c1C1CC1. The van der Waals surface area contributed by atoms with Crippen molar-refractivity contribution in [3.05, 3.63) is 16.8 Å². The van der Waals surface area contributed by atoms with E-state index < -0.39 is 9.84 Å². The van der Waals surface area contributed by atoms with Gasteiger partial charge >= 0.3 is 0 Å². The average Bonchev–Trinajstić information content (AvgIpc) is 3.11. The number of nitriles is 1. The van der Waals surface area contributed by atoms with Gasteiger partial charge in [0.05, 0.1) is 5.69 Å². The van der Waals surface area contributed by atoms with E-state index >= 15 is 0 Å². The lowest BCUT2D eigenvalue weighted by molar-refractivity contribution is 0.597. The third kappa shape index (κ3) is 1.74. The number of hydrogen-bond donors (Lipinski definition) is 1. The number of sulfone groups is 1. The van der Waals surface area contributed by atoms with Gasteiger partial charge in [-0.2, -0.15) is 14.9 Å². The van der Waals surface area contributed by atoms with Crippen molar-refractivity contribution in [3.8, 4) is 6.07 Å². The number of fused-ring (bicyclic) bond motifs is 1. The molecule has 0 aliphatic heterocycles. The number of rotatable bonds is 2. The number of nitrogens with zero attached hydrogens (tertiary/aromatic N) is 4. The molecule has 1 aliphatic rings. The molecule has 0 radical (unpaired) electrons. The molecule has 0 saturated heterocycles. The van der Waals surface area contributed by atoms with Gasteiger partial charge in [0, 0.05) is 11.8 Å². The van der Waals surface area contributed by atoms with Gasteiger partial charge in [-0.3, -0.25) is 0 Å². The van der Waals surface area contributed by atoms with Crippen LogP contribution in [0, 0.1) is 18.3 Å². The van der Waals surface area contributed by atoms with Crippen molar-refractivity contribution in [1.29, 1.82) is 5.26 Å². The van der Waals surface area contributed by atoms with Crippen molar-refractivity contribution in [2.24, 2.45) is 0 Å². The van der Waals surface area contributed by atoms with E-state index in [1.54, 1.807) is 0 Å². The molecule has 3 rings (SSSR count). The molecule has 0 spiro atoms. The van der Waals surface area contributed by atoms with Gasteiger partial charge in [0.1, 0.15) is 17.5 Å². The molecule has 0 amide bonds. The summed E-state index contributed by atoms with van der Waals surface area (Å²) in [4.78, 5) is 4.17. The Morgan fingerprint density at radius 2 is 2.10 bits per heavy atom. The molecule has 2 aromatic rings. The zero-order chi connectivity index (χ0) is 14.7. The topological polar surface area (TPSA) is 114 Å². The molecule has 8 heteroatoms. The fraction of sp³-hybridized carbons (Fsp3) is 0.417. The molecule has 7 nitrogen and oxygen atoms in total. The highest BCUT2D eigenvalue weighted by molar-refractivity contribution is 7.90. The molecule has 1 fully saturated rings. The molecular weight excluding hydrogens is 278 g/mol. The Morgan fingerprint density at radius 1 is 1.45 bits per heavy atom. The lowest BCUT2D eigenvalue weighted by Crippen LogP contribution is -2.12. The maximum Gasteiger partial charge on any atom is 0.194 e. The first-order valence-electron chi connectivity index (χ1n) is 6.13. The molecule has 2 aromatic heterocycles. The van der Waals surface area contributed by atoms with Gasteiger partial charge in [-0.25, -0.2) is 13.4 Å². The van der Waals surface area contributed by atoms with Crippen molar-refractivity contribution in [1.82, 2.24) is 14.6 Å². The smallest absolute Gasteiger partial charge is 0.194 e. The molecule has 1 saturated carbocycles. The van der Waals surface area contributed by atoms with Gasteiger partial charge in [0.25, 0.3) is 0 Å². The Morgan fingerprint density at radius 3 is 2.60 bits per heavy atom. The summed E-state index contributed by atoms with van der Waals surface area (Å²) in [5.74, 6) is 0.382.